The van der Waals surface area contributed by atoms with Gasteiger partial charge in [-0.15, -0.1) is 0 Å². The van der Waals surface area contributed by atoms with Crippen LogP contribution in [0.4, 0.5) is 5.69 Å². The number of nitrogens with zero attached hydrogens (tertiary/aromatic N) is 2. The highest BCUT2D eigenvalue weighted by atomic mass is 32.2. The van der Waals surface area contributed by atoms with E-state index in [1.807, 2.05) is 13.0 Å². The average molecular weight is 429 g/mol. The van der Waals surface area contributed by atoms with Gasteiger partial charge in [0, 0.05) is 25.3 Å². The monoisotopic (exact) mass is 428 g/mol. The summed E-state index contributed by atoms with van der Waals surface area (Å²) in [6.45, 7) is 7.23. The summed E-state index contributed by atoms with van der Waals surface area (Å²) in [4.78, 5) is 7.25. The lowest BCUT2D eigenvalue weighted by molar-refractivity contribution is 0.595. The summed E-state index contributed by atoms with van der Waals surface area (Å²) >= 11 is 0. The number of anilines is 1. The number of aliphatic imine (C=N–C) groups is 1. The fraction of sp³-hybridized carbons (Fsp3) is 0.435. The number of sulfone groups is 1. The second-order valence-electron chi connectivity index (χ2n) is 7.55. The molecule has 2 aromatic rings. The predicted octanol–water partition coefficient (Wildman–Crippen LogP) is 3.38. The molecule has 1 atom stereocenters. The Morgan fingerprint density at radius 1 is 1.10 bits per heavy atom. The standard InChI is InChI=1S/C23H32N4O2S/c1-3-24-23(25-14-17-30(28,29)22-12-5-4-6-13-22)26-19(2)20-10-9-11-21(18-20)27-15-7-8-16-27/h4-6,9-13,18-19H,3,7-8,14-17H2,1-2H3,(H2,24,25,26). The van der Waals surface area contributed by atoms with E-state index in [1.54, 1.807) is 24.3 Å². The minimum Gasteiger partial charge on any atom is -0.372 e. The van der Waals surface area contributed by atoms with Crippen LogP contribution >= 0.6 is 0 Å². The molecule has 1 saturated heterocycles. The summed E-state index contributed by atoms with van der Waals surface area (Å²) in [6.07, 6.45) is 2.50. The molecule has 3 rings (SSSR count). The SMILES string of the molecule is CCNC(=NCCS(=O)(=O)c1ccccc1)NC(C)c1cccc(N2CCCC2)c1. The highest BCUT2D eigenvalue weighted by molar-refractivity contribution is 7.91. The maximum absolute atomic E-state index is 12.5. The van der Waals surface area contributed by atoms with Crippen molar-refractivity contribution in [2.24, 2.45) is 4.99 Å². The molecule has 0 radical (unpaired) electrons. The quantitative estimate of drug-likeness (QED) is 0.498. The first-order chi connectivity index (χ1) is 14.5. The molecule has 1 heterocycles. The molecule has 0 spiro atoms. The summed E-state index contributed by atoms with van der Waals surface area (Å²) in [7, 11) is -3.33. The van der Waals surface area contributed by atoms with Gasteiger partial charge in [-0.25, -0.2) is 8.42 Å². The zero-order valence-electron chi connectivity index (χ0n) is 17.8. The van der Waals surface area contributed by atoms with E-state index in [-0.39, 0.29) is 18.3 Å². The van der Waals surface area contributed by atoms with Gasteiger partial charge in [-0.2, -0.15) is 0 Å². The normalized spacial score (nSPS) is 15.8. The summed E-state index contributed by atoms with van der Waals surface area (Å²) < 4.78 is 24.9. The third-order valence-electron chi connectivity index (χ3n) is 5.27. The molecule has 1 aliphatic heterocycles. The van der Waals surface area contributed by atoms with Crippen molar-refractivity contribution < 1.29 is 8.42 Å². The van der Waals surface area contributed by atoms with Crippen molar-refractivity contribution in [3.8, 4) is 0 Å². The van der Waals surface area contributed by atoms with E-state index in [1.165, 1.54) is 24.1 Å². The number of guanidine groups is 1. The van der Waals surface area contributed by atoms with Crippen LogP contribution in [-0.2, 0) is 9.84 Å². The minimum atomic E-state index is -3.33. The Kier molecular flexibility index (Phi) is 7.74. The second-order valence-corrected chi connectivity index (χ2v) is 9.66. The molecule has 1 unspecified atom stereocenters. The highest BCUT2D eigenvalue weighted by Crippen LogP contribution is 2.24. The molecule has 1 aliphatic rings. The molecule has 0 aromatic heterocycles. The Labute approximate surface area is 180 Å². The van der Waals surface area contributed by atoms with Crippen LogP contribution in [0.1, 0.15) is 38.3 Å². The van der Waals surface area contributed by atoms with Crippen molar-refractivity contribution in [2.75, 3.05) is 36.8 Å². The van der Waals surface area contributed by atoms with E-state index in [4.69, 9.17) is 0 Å². The average Bonchev–Trinajstić information content (AvgIpc) is 3.29. The number of benzene rings is 2. The van der Waals surface area contributed by atoms with E-state index >= 15 is 0 Å². The maximum Gasteiger partial charge on any atom is 0.191 e. The molecule has 0 amide bonds. The first kappa shape index (κ1) is 22.2. The number of nitrogens with one attached hydrogen (secondary N) is 2. The fourth-order valence-electron chi connectivity index (χ4n) is 3.60. The van der Waals surface area contributed by atoms with E-state index in [0.29, 0.717) is 17.4 Å². The van der Waals surface area contributed by atoms with Crippen molar-refractivity contribution in [1.29, 1.82) is 0 Å². The lowest BCUT2D eigenvalue weighted by Crippen LogP contribution is -2.39. The Morgan fingerprint density at radius 3 is 2.53 bits per heavy atom. The van der Waals surface area contributed by atoms with Gasteiger partial charge in [-0.05, 0) is 56.5 Å². The van der Waals surface area contributed by atoms with Gasteiger partial charge in [0.1, 0.15) is 0 Å². The third-order valence-corrected chi connectivity index (χ3v) is 6.98. The lowest BCUT2D eigenvalue weighted by atomic mass is 10.1. The van der Waals surface area contributed by atoms with Crippen molar-refractivity contribution in [1.82, 2.24) is 10.6 Å². The molecular formula is C23H32N4O2S. The van der Waals surface area contributed by atoms with E-state index in [0.717, 1.165) is 13.1 Å². The van der Waals surface area contributed by atoms with Crippen LogP contribution in [0, 0.1) is 0 Å². The number of hydrogen-bond donors (Lipinski definition) is 2. The second kappa shape index (κ2) is 10.5. The van der Waals surface area contributed by atoms with Crippen LogP contribution in [0.25, 0.3) is 0 Å². The van der Waals surface area contributed by atoms with Crippen molar-refractivity contribution >= 4 is 21.5 Å². The van der Waals surface area contributed by atoms with Gasteiger partial charge >= 0.3 is 0 Å². The zero-order chi connectivity index (χ0) is 21.4. The first-order valence-electron chi connectivity index (χ1n) is 10.7. The van der Waals surface area contributed by atoms with Gasteiger partial charge in [0.15, 0.2) is 15.8 Å². The number of hydrogen-bond acceptors (Lipinski definition) is 4. The zero-order valence-corrected chi connectivity index (χ0v) is 18.7. The topological polar surface area (TPSA) is 73.8 Å². The van der Waals surface area contributed by atoms with E-state index in [2.05, 4.69) is 51.7 Å². The van der Waals surface area contributed by atoms with Gasteiger partial charge < -0.3 is 15.5 Å². The predicted molar refractivity (Wildman–Crippen MR) is 124 cm³/mol. The molecule has 0 aliphatic carbocycles. The number of rotatable bonds is 8. The molecule has 162 valence electrons. The smallest absolute Gasteiger partial charge is 0.191 e. The molecule has 6 nitrogen and oxygen atoms in total. The summed E-state index contributed by atoms with van der Waals surface area (Å²) in [5.74, 6) is 0.603. The summed E-state index contributed by atoms with van der Waals surface area (Å²) in [5.41, 5.74) is 2.44. The van der Waals surface area contributed by atoms with Crippen molar-refractivity contribution in [3.63, 3.8) is 0 Å². The Morgan fingerprint density at radius 2 is 1.83 bits per heavy atom. The molecule has 0 saturated carbocycles. The largest absolute Gasteiger partial charge is 0.372 e. The van der Waals surface area contributed by atoms with Gasteiger partial charge in [0.25, 0.3) is 0 Å². The molecular weight excluding hydrogens is 396 g/mol. The molecule has 30 heavy (non-hydrogen) atoms. The highest BCUT2D eigenvalue weighted by Gasteiger charge is 2.16. The van der Waals surface area contributed by atoms with Crippen LogP contribution in [0.3, 0.4) is 0 Å². The first-order valence-corrected chi connectivity index (χ1v) is 12.3. The Balaban J connectivity index is 1.64. The molecule has 7 heteroatoms. The van der Waals surface area contributed by atoms with Crippen LogP contribution in [-0.4, -0.2) is 46.3 Å². The van der Waals surface area contributed by atoms with Gasteiger partial charge in [-0.3, -0.25) is 4.99 Å². The van der Waals surface area contributed by atoms with Gasteiger partial charge in [-0.1, -0.05) is 30.3 Å². The van der Waals surface area contributed by atoms with Crippen molar-refractivity contribution in [2.45, 2.75) is 37.6 Å². The maximum atomic E-state index is 12.5. The van der Waals surface area contributed by atoms with Gasteiger partial charge in [0.2, 0.25) is 0 Å². The fourth-order valence-corrected chi connectivity index (χ4v) is 4.74. The van der Waals surface area contributed by atoms with Crippen LogP contribution < -0.4 is 15.5 Å². The third kappa shape index (κ3) is 5.98. The van der Waals surface area contributed by atoms with E-state index in [9.17, 15) is 8.42 Å². The van der Waals surface area contributed by atoms with Crippen LogP contribution in [0.5, 0.6) is 0 Å². The minimum absolute atomic E-state index is 0.0214. The molecule has 2 aromatic carbocycles. The van der Waals surface area contributed by atoms with Crippen molar-refractivity contribution in [3.05, 3.63) is 60.2 Å². The van der Waals surface area contributed by atoms with Gasteiger partial charge in [0.05, 0.1) is 23.2 Å². The van der Waals surface area contributed by atoms with Crippen LogP contribution in [0.2, 0.25) is 0 Å². The van der Waals surface area contributed by atoms with Crippen LogP contribution in [0.15, 0.2) is 64.5 Å². The lowest BCUT2D eigenvalue weighted by Gasteiger charge is -2.22. The Hall–Kier alpha value is -2.54. The molecule has 2 N–H and O–H groups in total. The van der Waals surface area contributed by atoms with E-state index < -0.39 is 9.84 Å². The molecule has 1 fully saturated rings. The summed E-state index contributed by atoms with van der Waals surface area (Å²) in [5, 5.41) is 6.62. The summed E-state index contributed by atoms with van der Waals surface area (Å²) in [6, 6.07) is 17.2. The molecule has 0 bridgehead atoms. The Bertz CT molecular complexity index is 939.